The van der Waals surface area contributed by atoms with Crippen molar-refractivity contribution >= 4 is 21.8 Å². The van der Waals surface area contributed by atoms with Gasteiger partial charge in [-0.05, 0) is 120 Å². The molecule has 9 aromatic carbocycles. The van der Waals surface area contributed by atoms with E-state index in [2.05, 4.69) is 231 Å². The predicted molar refractivity (Wildman–Crippen MR) is 246 cm³/mol. The van der Waals surface area contributed by atoms with Gasteiger partial charge in [0, 0.05) is 21.9 Å². The lowest BCUT2D eigenvalue weighted by atomic mass is 9.81. The highest BCUT2D eigenvalue weighted by molar-refractivity contribution is 6.12. The van der Waals surface area contributed by atoms with Gasteiger partial charge < -0.3 is 4.57 Å². The summed E-state index contributed by atoms with van der Waals surface area (Å²) in [7, 11) is 0. The first-order chi connectivity index (χ1) is 28.5. The summed E-state index contributed by atoms with van der Waals surface area (Å²) in [5.41, 5.74) is 21.1. The molecule has 11 rings (SSSR count). The molecule has 0 bridgehead atoms. The van der Waals surface area contributed by atoms with Crippen molar-refractivity contribution in [1.29, 1.82) is 0 Å². The van der Waals surface area contributed by atoms with Gasteiger partial charge in [-0.3, -0.25) is 0 Å². The fourth-order valence-electron chi connectivity index (χ4n) is 9.29. The predicted octanol–water partition coefficient (Wildman–Crippen LogP) is 15.4. The van der Waals surface area contributed by atoms with E-state index in [4.69, 9.17) is 0 Å². The molecule has 0 radical (unpaired) electrons. The molecule has 1 aliphatic carbocycles. The van der Waals surface area contributed by atoms with E-state index in [1.165, 1.54) is 99.7 Å². The Labute approximate surface area is 340 Å². The molecule has 0 fully saturated rings. The van der Waals surface area contributed by atoms with Gasteiger partial charge in [-0.15, -0.1) is 0 Å². The molecule has 0 atom stereocenters. The van der Waals surface area contributed by atoms with Crippen molar-refractivity contribution in [2.75, 3.05) is 0 Å². The third-order valence-corrected chi connectivity index (χ3v) is 12.4. The van der Waals surface area contributed by atoms with E-state index < -0.39 is 0 Å². The van der Waals surface area contributed by atoms with E-state index in [1.54, 1.807) is 0 Å². The first-order valence-electron chi connectivity index (χ1n) is 20.2. The summed E-state index contributed by atoms with van der Waals surface area (Å²) in [6.45, 7) is 4.79. The zero-order valence-corrected chi connectivity index (χ0v) is 32.7. The number of fused-ring (bicyclic) bond motifs is 6. The van der Waals surface area contributed by atoms with Crippen molar-refractivity contribution in [3.05, 3.63) is 223 Å². The number of hydrogen-bond acceptors (Lipinski definition) is 0. The van der Waals surface area contributed by atoms with Crippen LogP contribution in [0.25, 0.3) is 94.3 Å². The molecule has 58 heavy (non-hydrogen) atoms. The fraction of sp³-hybridized carbons (Fsp3) is 0.0526. The summed E-state index contributed by atoms with van der Waals surface area (Å²) in [5.74, 6) is 0. The molecule has 1 aliphatic rings. The van der Waals surface area contributed by atoms with Crippen LogP contribution in [-0.4, -0.2) is 4.57 Å². The summed E-state index contributed by atoms with van der Waals surface area (Å²) in [5, 5.41) is 2.54. The average Bonchev–Trinajstić information content (AvgIpc) is 3.73. The number of hydrogen-bond donors (Lipinski definition) is 0. The van der Waals surface area contributed by atoms with Gasteiger partial charge in [0.15, 0.2) is 0 Å². The normalized spacial score (nSPS) is 12.8. The number of benzene rings is 9. The maximum Gasteiger partial charge on any atom is 0.0547 e. The number of rotatable bonds is 6. The molecule has 1 heteroatoms. The third-order valence-electron chi connectivity index (χ3n) is 12.4. The maximum atomic E-state index is 2.50. The lowest BCUT2D eigenvalue weighted by Crippen LogP contribution is -2.15. The summed E-state index contributed by atoms with van der Waals surface area (Å²) in [4.78, 5) is 0. The van der Waals surface area contributed by atoms with Crippen LogP contribution in [0.1, 0.15) is 25.0 Å². The van der Waals surface area contributed by atoms with Crippen molar-refractivity contribution in [3.8, 4) is 72.4 Å². The lowest BCUT2D eigenvalue weighted by molar-refractivity contribution is 0.661. The molecule has 0 amide bonds. The SMILES string of the molecule is CC1(C)c2cc(-c3ccc(-c4ccccc4)cc3)ccc2-c2cc3c(cc21)c1cc(-c2ccc(-c4ccccc4)cc2)ccc1n3-c1ccc(-c2ccccc2)cc1. The fourth-order valence-corrected chi connectivity index (χ4v) is 9.29. The molecule has 0 N–H and O–H groups in total. The summed E-state index contributed by atoms with van der Waals surface area (Å²) in [6.07, 6.45) is 0. The highest BCUT2D eigenvalue weighted by atomic mass is 15.0. The van der Waals surface area contributed by atoms with Crippen molar-refractivity contribution in [1.82, 2.24) is 4.57 Å². The van der Waals surface area contributed by atoms with Gasteiger partial charge in [-0.1, -0.05) is 184 Å². The first kappa shape index (κ1) is 34.1. The van der Waals surface area contributed by atoms with Crippen molar-refractivity contribution in [3.63, 3.8) is 0 Å². The molecule has 274 valence electrons. The zero-order valence-electron chi connectivity index (χ0n) is 32.7. The Morgan fingerprint density at radius 3 is 1.19 bits per heavy atom. The monoisotopic (exact) mass is 739 g/mol. The minimum atomic E-state index is -0.171. The number of aromatic nitrogens is 1. The van der Waals surface area contributed by atoms with Crippen LogP contribution in [0.15, 0.2) is 212 Å². The molecular formula is C57H41N. The Morgan fingerprint density at radius 2 is 0.672 bits per heavy atom. The Hall–Kier alpha value is -7.22. The van der Waals surface area contributed by atoms with Gasteiger partial charge in [0.1, 0.15) is 0 Å². The molecule has 10 aromatic rings. The Kier molecular flexibility index (Phi) is 7.91. The highest BCUT2D eigenvalue weighted by Crippen LogP contribution is 2.52. The van der Waals surface area contributed by atoms with Gasteiger partial charge in [0.05, 0.1) is 11.0 Å². The highest BCUT2D eigenvalue weighted by Gasteiger charge is 2.36. The van der Waals surface area contributed by atoms with Crippen molar-refractivity contribution in [2.24, 2.45) is 0 Å². The molecule has 0 saturated carbocycles. The molecular weight excluding hydrogens is 699 g/mol. The zero-order chi connectivity index (χ0) is 38.8. The molecule has 0 aliphatic heterocycles. The van der Waals surface area contributed by atoms with E-state index in [1.807, 2.05) is 0 Å². The van der Waals surface area contributed by atoms with Crippen LogP contribution in [0, 0.1) is 0 Å². The van der Waals surface area contributed by atoms with E-state index in [0.29, 0.717) is 0 Å². The quantitative estimate of drug-likeness (QED) is 0.160. The standard InChI is InChI=1S/C57H41N/c1-57(2)53-35-47(45-24-20-42(21-25-45)39-14-8-4-9-15-39)28-32-49(53)50-37-56-52(36-54(50)57)51-34-46(44-22-18-41(19-23-44)38-12-6-3-7-13-38)29-33-55(51)58(56)48-30-26-43(27-31-48)40-16-10-5-11-17-40/h3-37H,1-2H3. The van der Waals surface area contributed by atoms with Crippen LogP contribution in [0.3, 0.4) is 0 Å². The van der Waals surface area contributed by atoms with Gasteiger partial charge >= 0.3 is 0 Å². The lowest BCUT2D eigenvalue weighted by Gasteiger charge is -2.22. The van der Waals surface area contributed by atoms with Gasteiger partial charge in [0.2, 0.25) is 0 Å². The second-order valence-electron chi connectivity index (χ2n) is 16.2. The topological polar surface area (TPSA) is 4.93 Å². The molecule has 0 unspecified atom stereocenters. The van der Waals surface area contributed by atoms with Crippen LogP contribution in [0.4, 0.5) is 0 Å². The van der Waals surface area contributed by atoms with E-state index in [9.17, 15) is 0 Å². The summed E-state index contributed by atoms with van der Waals surface area (Å²) >= 11 is 0. The van der Waals surface area contributed by atoms with Crippen molar-refractivity contribution in [2.45, 2.75) is 19.3 Å². The van der Waals surface area contributed by atoms with E-state index >= 15 is 0 Å². The van der Waals surface area contributed by atoms with Crippen LogP contribution in [0.2, 0.25) is 0 Å². The Balaban J connectivity index is 1.05. The minimum absolute atomic E-state index is 0.171. The smallest absolute Gasteiger partial charge is 0.0547 e. The summed E-state index contributed by atoms with van der Waals surface area (Å²) < 4.78 is 2.47. The Bertz CT molecular complexity index is 3120. The third kappa shape index (κ3) is 5.62. The number of nitrogens with zero attached hydrogens (tertiary/aromatic N) is 1. The first-order valence-corrected chi connectivity index (χ1v) is 20.2. The van der Waals surface area contributed by atoms with Gasteiger partial charge in [0.25, 0.3) is 0 Å². The van der Waals surface area contributed by atoms with E-state index in [-0.39, 0.29) is 5.41 Å². The molecule has 0 spiro atoms. The molecule has 0 saturated heterocycles. The second kappa shape index (κ2) is 13.5. The van der Waals surface area contributed by atoms with E-state index in [0.717, 1.165) is 5.69 Å². The van der Waals surface area contributed by atoms with Crippen LogP contribution in [-0.2, 0) is 5.41 Å². The molecule has 1 nitrogen and oxygen atoms in total. The molecule has 1 aromatic heterocycles. The maximum absolute atomic E-state index is 2.50. The van der Waals surface area contributed by atoms with Crippen LogP contribution >= 0.6 is 0 Å². The largest absolute Gasteiger partial charge is 0.309 e. The van der Waals surface area contributed by atoms with Crippen LogP contribution < -0.4 is 0 Å². The van der Waals surface area contributed by atoms with Gasteiger partial charge in [-0.25, -0.2) is 0 Å². The Morgan fingerprint density at radius 1 is 0.293 bits per heavy atom. The van der Waals surface area contributed by atoms with Crippen LogP contribution in [0.5, 0.6) is 0 Å². The molecule has 1 heterocycles. The summed E-state index contributed by atoms with van der Waals surface area (Å²) in [6, 6.07) is 78.0. The minimum Gasteiger partial charge on any atom is -0.309 e. The van der Waals surface area contributed by atoms with Crippen molar-refractivity contribution < 1.29 is 0 Å². The second-order valence-corrected chi connectivity index (χ2v) is 16.2. The average molecular weight is 740 g/mol. The van der Waals surface area contributed by atoms with Gasteiger partial charge in [-0.2, -0.15) is 0 Å².